The molecule has 4 heteroatoms. The van der Waals surface area contributed by atoms with Crippen LogP contribution in [0, 0.1) is 5.21 Å². The number of rotatable bonds is 0. The van der Waals surface area contributed by atoms with Crippen LogP contribution in [0.4, 0.5) is 0 Å². The summed E-state index contributed by atoms with van der Waals surface area (Å²) in [7, 11) is 0. The molecule has 1 fully saturated rings. The van der Waals surface area contributed by atoms with E-state index in [2.05, 4.69) is 5.32 Å². The van der Waals surface area contributed by atoms with Gasteiger partial charge in [-0.1, -0.05) is 0 Å². The predicted octanol–water partition coefficient (Wildman–Crippen LogP) is -1.33. The van der Waals surface area contributed by atoms with Gasteiger partial charge in [0.25, 0.3) is 0 Å². The average Bonchev–Trinajstić information content (AvgIpc) is 1.87. The van der Waals surface area contributed by atoms with Gasteiger partial charge in [-0.05, 0) is 0 Å². The molecule has 0 radical (unpaired) electrons. The fourth-order valence-corrected chi connectivity index (χ4v) is 0.529. The summed E-state index contributed by atoms with van der Waals surface area (Å²) < 4.78 is 0. The molecule has 1 aliphatic rings. The Bertz CT molecular complexity index is 60.0. The molecule has 1 unspecified atom stereocenters. The topological polar surface area (TPSA) is 58.6 Å². The monoisotopic (exact) mass is 103 g/mol. The van der Waals surface area contributed by atoms with Gasteiger partial charge in [0.15, 0.2) is 0 Å². The van der Waals surface area contributed by atoms with Crippen LogP contribution in [-0.4, -0.2) is 29.6 Å². The van der Waals surface area contributed by atoms with E-state index in [1.165, 1.54) is 0 Å². The van der Waals surface area contributed by atoms with Gasteiger partial charge in [0, 0.05) is 13.2 Å². The van der Waals surface area contributed by atoms with Crippen molar-refractivity contribution in [1.29, 1.82) is 0 Å². The zero-order valence-electron chi connectivity index (χ0n) is 3.79. The highest BCUT2D eigenvalue weighted by Gasteiger charge is 2.09. The largest absolute Gasteiger partial charge is 0.784 e. The lowest BCUT2D eigenvalue weighted by molar-refractivity contribution is 0.166. The van der Waals surface area contributed by atoms with Crippen molar-refractivity contribution in [3.8, 4) is 0 Å². The molecular formula is C3H7N2O2-. The molecule has 0 amide bonds. The molecule has 0 spiro atoms. The van der Waals surface area contributed by atoms with Crippen LogP contribution in [0.2, 0.25) is 0 Å². The molecule has 1 rings (SSSR count). The number of hydroxylamine groups is 2. The van der Waals surface area contributed by atoms with Crippen LogP contribution in [-0.2, 0) is 0 Å². The number of aliphatic hydroxyl groups excluding tert-OH is 1. The standard InChI is InChI=1S/C3H7N2O2/c6-3-1-5(7)2-4-3/h3-4,6H,1-2H2/q-1. The second-order valence-electron chi connectivity index (χ2n) is 1.54. The number of aliphatic hydroxyl groups is 1. The van der Waals surface area contributed by atoms with E-state index >= 15 is 0 Å². The van der Waals surface area contributed by atoms with Gasteiger partial charge in [-0.15, -0.1) is 0 Å². The van der Waals surface area contributed by atoms with Crippen LogP contribution in [0.15, 0.2) is 0 Å². The summed E-state index contributed by atoms with van der Waals surface area (Å²) in [5, 5.41) is 22.0. The molecule has 1 saturated heterocycles. The minimum absolute atomic E-state index is 0.194. The Morgan fingerprint density at radius 1 is 1.86 bits per heavy atom. The number of nitrogens with one attached hydrogen (secondary N) is 1. The molecule has 1 atom stereocenters. The van der Waals surface area contributed by atoms with E-state index in [0.29, 0.717) is 0 Å². The van der Waals surface area contributed by atoms with E-state index in [9.17, 15) is 5.21 Å². The lowest BCUT2D eigenvalue weighted by atomic mass is 10.6. The summed E-state index contributed by atoms with van der Waals surface area (Å²) in [5.74, 6) is 0. The van der Waals surface area contributed by atoms with Crippen molar-refractivity contribution in [2.75, 3.05) is 13.2 Å². The zero-order valence-corrected chi connectivity index (χ0v) is 3.79. The summed E-state index contributed by atoms with van der Waals surface area (Å²) in [5.41, 5.74) is 0. The average molecular weight is 103 g/mol. The van der Waals surface area contributed by atoms with E-state index in [-0.39, 0.29) is 13.2 Å². The highest BCUT2D eigenvalue weighted by Crippen LogP contribution is 1.92. The van der Waals surface area contributed by atoms with Crippen molar-refractivity contribution in [3.05, 3.63) is 5.21 Å². The molecule has 1 aliphatic heterocycles. The molecule has 0 aromatic rings. The summed E-state index contributed by atoms with van der Waals surface area (Å²) >= 11 is 0. The first-order chi connectivity index (χ1) is 3.29. The Morgan fingerprint density at radius 3 is 2.71 bits per heavy atom. The first kappa shape index (κ1) is 4.99. The van der Waals surface area contributed by atoms with Crippen molar-refractivity contribution in [1.82, 2.24) is 10.4 Å². The zero-order chi connectivity index (χ0) is 5.28. The van der Waals surface area contributed by atoms with Gasteiger partial charge in [0.1, 0.15) is 6.23 Å². The van der Waals surface area contributed by atoms with Crippen LogP contribution < -0.4 is 5.32 Å². The van der Waals surface area contributed by atoms with Crippen LogP contribution in [0.25, 0.3) is 0 Å². The van der Waals surface area contributed by atoms with Crippen LogP contribution >= 0.6 is 0 Å². The van der Waals surface area contributed by atoms with Gasteiger partial charge < -0.3 is 15.4 Å². The highest BCUT2D eigenvalue weighted by atomic mass is 16.5. The maximum Gasteiger partial charge on any atom is 0.117 e. The lowest BCUT2D eigenvalue weighted by Gasteiger charge is -2.17. The predicted molar refractivity (Wildman–Crippen MR) is 24.1 cm³/mol. The smallest absolute Gasteiger partial charge is 0.117 e. The fourth-order valence-electron chi connectivity index (χ4n) is 0.529. The Balaban J connectivity index is 2.26. The normalized spacial score (nSPS) is 34.3. The van der Waals surface area contributed by atoms with E-state index in [1.807, 2.05) is 0 Å². The number of hydrogen-bond acceptors (Lipinski definition) is 4. The molecule has 7 heavy (non-hydrogen) atoms. The van der Waals surface area contributed by atoms with Crippen LogP contribution in [0.5, 0.6) is 0 Å². The first-order valence-electron chi connectivity index (χ1n) is 2.12. The molecule has 4 nitrogen and oxygen atoms in total. The second-order valence-corrected chi connectivity index (χ2v) is 1.54. The molecule has 1 heterocycles. The van der Waals surface area contributed by atoms with E-state index in [4.69, 9.17) is 5.11 Å². The Kier molecular flexibility index (Phi) is 1.25. The maximum atomic E-state index is 10.1. The minimum atomic E-state index is -0.613. The van der Waals surface area contributed by atoms with Crippen molar-refractivity contribution in [2.24, 2.45) is 0 Å². The number of nitrogens with zero attached hydrogens (tertiary/aromatic N) is 1. The third-order valence-corrected chi connectivity index (χ3v) is 0.880. The molecule has 0 aliphatic carbocycles. The lowest BCUT2D eigenvalue weighted by Crippen LogP contribution is -2.21. The van der Waals surface area contributed by atoms with Crippen molar-refractivity contribution < 1.29 is 5.11 Å². The molecule has 0 aromatic carbocycles. The highest BCUT2D eigenvalue weighted by molar-refractivity contribution is 4.68. The molecular weight excluding hydrogens is 96.0 g/mol. The SMILES string of the molecule is [O-]N1CNC(O)C1. The molecule has 0 aromatic heterocycles. The molecule has 42 valence electrons. The van der Waals surface area contributed by atoms with Crippen molar-refractivity contribution in [3.63, 3.8) is 0 Å². The minimum Gasteiger partial charge on any atom is -0.784 e. The van der Waals surface area contributed by atoms with E-state index in [0.717, 1.165) is 5.06 Å². The Hall–Kier alpha value is -0.160. The van der Waals surface area contributed by atoms with E-state index < -0.39 is 6.23 Å². The van der Waals surface area contributed by atoms with Gasteiger partial charge in [-0.25, -0.2) is 0 Å². The third-order valence-electron chi connectivity index (χ3n) is 0.880. The van der Waals surface area contributed by atoms with Gasteiger partial charge in [-0.2, -0.15) is 0 Å². The summed E-state index contributed by atoms with van der Waals surface area (Å²) in [6.45, 7) is 0.446. The third kappa shape index (κ3) is 1.10. The molecule has 0 bridgehead atoms. The van der Waals surface area contributed by atoms with Crippen molar-refractivity contribution >= 4 is 0 Å². The van der Waals surface area contributed by atoms with Gasteiger partial charge in [-0.3, -0.25) is 5.32 Å². The quantitative estimate of drug-likeness (QED) is 0.398. The van der Waals surface area contributed by atoms with Gasteiger partial charge in [0.2, 0.25) is 0 Å². The summed E-state index contributed by atoms with van der Waals surface area (Å²) in [6.07, 6.45) is -0.613. The molecule has 2 N–H and O–H groups in total. The number of β-amino-alcohol motifs (C(OH)–C–C–N with tert-alkyl or cyclic N) is 1. The summed E-state index contributed by atoms with van der Waals surface area (Å²) in [4.78, 5) is 0. The first-order valence-corrected chi connectivity index (χ1v) is 2.12. The number of hydrogen-bond donors (Lipinski definition) is 2. The van der Waals surface area contributed by atoms with Crippen LogP contribution in [0.3, 0.4) is 0 Å². The van der Waals surface area contributed by atoms with Crippen molar-refractivity contribution in [2.45, 2.75) is 6.23 Å². The molecule has 0 saturated carbocycles. The van der Waals surface area contributed by atoms with Gasteiger partial charge >= 0.3 is 0 Å². The van der Waals surface area contributed by atoms with E-state index in [1.54, 1.807) is 0 Å². The Morgan fingerprint density at radius 2 is 2.57 bits per heavy atom. The Labute approximate surface area is 41.3 Å². The van der Waals surface area contributed by atoms with Crippen LogP contribution in [0.1, 0.15) is 0 Å². The van der Waals surface area contributed by atoms with Gasteiger partial charge in [0.05, 0.1) is 0 Å². The fraction of sp³-hybridized carbons (Fsp3) is 1.00. The second kappa shape index (κ2) is 1.75. The summed E-state index contributed by atoms with van der Waals surface area (Å²) in [6, 6.07) is 0. The maximum absolute atomic E-state index is 10.1.